The van der Waals surface area contributed by atoms with E-state index in [4.69, 9.17) is 4.74 Å². The van der Waals surface area contributed by atoms with Gasteiger partial charge in [0.25, 0.3) is 11.8 Å². The average molecular weight is 413 g/mol. The summed E-state index contributed by atoms with van der Waals surface area (Å²) in [6, 6.07) is 19.0. The molecule has 4 aromatic rings. The Balaban J connectivity index is 1.51. The van der Waals surface area contributed by atoms with Crippen molar-refractivity contribution in [3.8, 4) is 5.75 Å². The molecule has 0 aliphatic carbocycles. The lowest BCUT2D eigenvalue weighted by Crippen LogP contribution is -2.47. The number of nitrogens with one attached hydrogen (secondary N) is 2. The number of amides is 2. The van der Waals surface area contributed by atoms with E-state index < -0.39 is 17.9 Å². The Labute approximate surface area is 180 Å². The van der Waals surface area contributed by atoms with Crippen LogP contribution in [0.2, 0.25) is 0 Å². The maximum absolute atomic E-state index is 12.9. The monoisotopic (exact) mass is 413 g/mol. The predicted octanol–water partition coefficient (Wildman–Crippen LogP) is 4.23. The van der Waals surface area contributed by atoms with Crippen molar-refractivity contribution in [2.75, 3.05) is 0 Å². The Morgan fingerprint density at radius 3 is 2.55 bits per heavy atom. The van der Waals surface area contributed by atoms with Crippen molar-refractivity contribution in [3.63, 3.8) is 0 Å². The molecule has 0 bridgehead atoms. The lowest BCUT2D eigenvalue weighted by Gasteiger charge is -2.17. The average Bonchev–Trinajstić information content (AvgIpc) is 2.79. The van der Waals surface area contributed by atoms with Crippen LogP contribution in [-0.4, -0.2) is 22.9 Å². The molecule has 2 amide bonds. The quantitative estimate of drug-likeness (QED) is 0.388. The number of carbonyl (C=O) groups excluding carboxylic acids is 2. The summed E-state index contributed by atoms with van der Waals surface area (Å²) in [5.41, 5.74) is 7.96. The molecule has 0 aliphatic heterocycles. The highest BCUT2D eigenvalue weighted by Gasteiger charge is 2.19. The molecule has 0 fully saturated rings. The minimum absolute atomic E-state index is 0.387. The zero-order valence-electron chi connectivity index (χ0n) is 17.6. The van der Waals surface area contributed by atoms with E-state index in [1.807, 2.05) is 68.4 Å². The van der Waals surface area contributed by atoms with Gasteiger partial charge in [-0.15, -0.1) is 0 Å². The Morgan fingerprint density at radius 2 is 1.71 bits per heavy atom. The maximum atomic E-state index is 12.9. The van der Waals surface area contributed by atoms with Crippen LogP contribution in [-0.2, 0) is 4.79 Å². The van der Waals surface area contributed by atoms with Crippen LogP contribution >= 0.6 is 0 Å². The minimum atomic E-state index is -0.785. The van der Waals surface area contributed by atoms with Crippen molar-refractivity contribution < 1.29 is 14.3 Å². The molecule has 0 saturated heterocycles. The number of aryl methyl sites for hydroxylation is 1. The molecule has 31 heavy (non-hydrogen) atoms. The summed E-state index contributed by atoms with van der Waals surface area (Å²) in [6.07, 6.45) is 0.860. The van der Waals surface area contributed by atoms with E-state index in [9.17, 15) is 9.59 Å². The molecule has 3 aromatic carbocycles. The molecule has 1 aromatic heterocycles. The van der Waals surface area contributed by atoms with Gasteiger partial charge < -0.3 is 4.74 Å². The number of hydrogen-bond donors (Lipinski definition) is 2. The van der Waals surface area contributed by atoms with Crippen LogP contribution in [0.15, 0.2) is 66.9 Å². The van der Waals surface area contributed by atoms with Gasteiger partial charge in [0.1, 0.15) is 5.75 Å². The van der Waals surface area contributed by atoms with Crippen molar-refractivity contribution in [2.24, 2.45) is 0 Å². The molecule has 0 radical (unpaired) electrons. The van der Waals surface area contributed by atoms with E-state index >= 15 is 0 Å². The van der Waals surface area contributed by atoms with E-state index in [0.717, 1.165) is 27.3 Å². The molecule has 1 unspecified atom stereocenters. The fourth-order valence-corrected chi connectivity index (χ4v) is 3.49. The van der Waals surface area contributed by atoms with Gasteiger partial charge in [0.15, 0.2) is 6.10 Å². The van der Waals surface area contributed by atoms with Gasteiger partial charge in [0, 0.05) is 11.6 Å². The molecule has 1 atom stereocenters. The smallest absolute Gasteiger partial charge is 0.279 e. The van der Waals surface area contributed by atoms with Crippen LogP contribution < -0.4 is 15.6 Å². The Morgan fingerprint density at radius 1 is 0.935 bits per heavy atom. The first kappa shape index (κ1) is 20.3. The van der Waals surface area contributed by atoms with Crippen molar-refractivity contribution in [1.82, 2.24) is 15.8 Å². The summed E-state index contributed by atoms with van der Waals surface area (Å²) in [5, 5.41) is 2.82. The topological polar surface area (TPSA) is 80.3 Å². The van der Waals surface area contributed by atoms with Crippen LogP contribution in [0.4, 0.5) is 0 Å². The Bertz CT molecular complexity index is 1300. The second-order valence-electron chi connectivity index (χ2n) is 7.45. The van der Waals surface area contributed by atoms with Gasteiger partial charge in [-0.1, -0.05) is 42.5 Å². The molecule has 0 saturated carbocycles. The van der Waals surface area contributed by atoms with Crippen LogP contribution in [0.5, 0.6) is 5.75 Å². The van der Waals surface area contributed by atoms with Gasteiger partial charge in [-0.25, -0.2) is 0 Å². The number of hydrazine groups is 1. The van der Waals surface area contributed by atoms with Gasteiger partial charge in [-0.3, -0.25) is 25.4 Å². The van der Waals surface area contributed by atoms with Gasteiger partial charge in [0.05, 0.1) is 11.1 Å². The molecule has 156 valence electrons. The van der Waals surface area contributed by atoms with E-state index in [-0.39, 0.29) is 0 Å². The maximum Gasteiger partial charge on any atom is 0.279 e. The second-order valence-corrected chi connectivity index (χ2v) is 7.45. The predicted molar refractivity (Wildman–Crippen MR) is 121 cm³/mol. The summed E-state index contributed by atoms with van der Waals surface area (Å²) >= 11 is 0. The highest BCUT2D eigenvalue weighted by Crippen LogP contribution is 2.27. The summed E-state index contributed by atoms with van der Waals surface area (Å²) in [4.78, 5) is 29.8. The standard InChI is InChI=1S/C25H23N3O3/c1-15-8-6-12-22(16(15)2)31-17(3)24(29)27-28-25(30)21-14-18-9-4-5-10-19(18)20-11-7-13-26-23(20)21/h4-14,17H,1-3H3,(H,27,29)(H,28,30). The number of aromatic nitrogens is 1. The summed E-state index contributed by atoms with van der Waals surface area (Å²) < 4.78 is 5.78. The number of fused-ring (bicyclic) bond motifs is 3. The van der Waals surface area contributed by atoms with Crippen molar-refractivity contribution in [3.05, 3.63) is 83.6 Å². The molecule has 6 heteroatoms. The van der Waals surface area contributed by atoms with Crippen molar-refractivity contribution >= 4 is 33.5 Å². The first-order valence-corrected chi connectivity index (χ1v) is 10.0. The third-order valence-electron chi connectivity index (χ3n) is 5.39. The number of hydrogen-bond acceptors (Lipinski definition) is 4. The normalized spacial score (nSPS) is 11.8. The number of pyridine rings is 1. The van der Waals surface area contributed by atoms with Gasteiger partial charge in [0.2, 0.25) is 0 Å². The molecule has 1 heterocycles. The van der Waals surface area contributed by atoms with Crippen LogP contribution in [0.25, 0.3) is 21.7 Å². The summed E-state index contributed by atoms with van der Waals surface area (Å²) in [6.45, 7) is 5.56. The molecule has 4 rings (SSSR count). The number of carbonyl (C=O) groups is 2. The largest absolute Gasteiger partial charge is 0.481 e. The molecule has 0 spiro atoms. The summed E-state index contributed by atoms with van der Waals surface area (Å²) in [5.74, 6) is -0.257. The molecule has 6 nitrogen and oxygen atoms in total. The van der Waals surface area contributed by atoms with Crippen molar-refractivity contribution in [1.29, 1.82) is 0 Å². The van der Waals surface area contributed by atoms with E-state index in [1.165, 1.54) is 0 Å². The highest BCUT2D eigenvalue weighted by atomic mass is 16.5. The van der Waals surface area contributed by atoms with Crippen LogP contribution in [0, 0.1) is 13.8 Å². The minimum Gasteiger partial charge on any atom is -0.481 e. The van der Waals surface area contributed by atoms with E-state index in [2.05, 4.69) is 15.8 Å². The second kappa shape index (κ2) is 8.44. The molecular formula is C25H23N3O3. The highest BCUT2D eigenvalue weighted by molar-refractivity contribution is 6.15. The summed E-state index contributed by atoms with van der Waals surface area (Å²) in [7, 11) is 0. The fourth-order valence-electron chi connectivity index (χ4n) is 3.49. The zero-order chi connectivity index (χ0) is 22.0. The first-order valence-electron chi connectivity index (χ1n) is 10.0. The SMILES string of the molecule is Cc1cccc(OC(C)C(=O)NNC(=O)c2cc3ccccc3c3cccnc23)c1C. The Kier molecular flexibility index (Phi) is 5.54. The number of nitrogens with zero attached hydrogens (tertiary/aromatic N) is 1. The van der Waals surface area contributed by atoms with Gasteiger partial charge >= 0.3 is 0 Å². The lowest BCUT2D eigenvalue weighted by molar-refractivity contribution is -0.128. The van der Waals surface area contributed by atoms with Crippen LogP contribution in [0.1, 0.15) is 28.4 Å². The number of ether oxygens (including phenoxy) is 1. The fraction of sp³-hybridized carbons (Fsp3) is 0.160. The van der Waals surface area contributed by atoms with E-state index in [1.54, 1.807) is 19.2 Å². The van der Waals surface area contributed by atoms with Crippen LogP contribution in [0.3, 0.4) is 0 Å². The lowest BCUT2D eigenvalue weighted by atomic mass is 10.0. The van der Waals surface area contributed by atoms with E-state index in [0.29, 0.717) is 16.8 Å². The zero-order valence-corrected chi connectivity index (χ0v) is 17.6. The Hall–Kier alpha value is -3.93. The van der Waals surface area contributed by atoms with Crippen molar-refractivity contribution in [2.45, 2.75) is 26.9 Å². The molecule has 2 N–H and O–H groups in total. The van der Waals surface area contributed by atoms with Gasteiger partial charge in [-0.2, -0.15) is 0 Å². The number of rotatable bonds is 4. The molecular weight excluding hydrogens is 390 g/mol. The first-order chi connectivity index (χ1) is 15.0. The van der Waals surface area contributed by atoms with Gasteiger partial charge in [-0.05, 0) is 60.9 Å². The third-order valence-corrected chi connectivity index (χ3v) is 5.39. The third kappa shape index (κ3) is 4.05. The number of benzene rings is 3. The molecule has 0 aliphatic rings.